The van der Waals surface area contributed by atoms with Crippen LogP contribution in [0.4, 0.5) is 0 Å². The van der Waals surface area contributed by atoms with E-state index >= 15 is 0 Å². The van der Waals surface area contributed by atoms with E-state index in [4.69, 9.17) is 42.0 Å². The van der Waals surface area contributed by atoms with Gasteiger partial charge in [0.2, 0.25) is 0 Å². The molecule has 0 amide bonds. The minimum atomic E-state index is -3.62. The van der Waals surface area contributed by atoms with Gasteiger partial charge in [0, 0.05) is 12.0 Å². The minimum absolute atomic E-state index is 0. The van der Waals surface area contributed by atoms with Crippen LogP contribution in [-0.4, -0.2) is 86.2 Å². The molecule has 36 heavy (non-hydrogen) atoms. The van der Waals surface area contributed by atoms with E-state index in [-0.39, 0.29) is 84.1 Å². The summed E-state index contributed by atoms with van der Waals surface area (Å²) >= 11 is 14.9. The zero-order valence-electron chi connectivity index (χ0n) is 20.7. The molecule has 0 radical (unpaired) electrons. The van der Waals surface area contributed by atoms with Gasteiger partial charge in [-0.2, -0.15) is 8.42 Å². The molecule has 0 saturated carbocycles. The number of aryl methyl sites for hydroxylation is 1. The summed E-state index contributed by atoms with van der Waals surface area (Å²) in [6.45, 7) is 8.13. The Labute approximate surface area is 275 Å². The standard InChI is InChI=1S/C10H12O4S.C5H8O2S.C3H6O2.C2H4OS.CH2Cl2.K/c1-8-2-4-10(5-3-8)15(11,12)14-9-6-13-7-9;1-4(6)8-5-2-7-3-5;4-3-1-5-2-3;1-2(3)4;2-1-3;/h2-5,9H,6-7H2,1H3;5H,2-3H2,1H3;3-4H,1-2H2;1H3,(H,3,4);1H2;/q;;;;;+1/p-1. The third-order valence-electron chi connectivity index (χ3n) is 3.74. The molecule has 4 rings (SSSR count). The molecule has 0 aromatic heterocycles. The van der Waals surface area contributed by atoms with E-state index in [0.29, 0.717) is 31.7 Å². The molecule has 9 nitrogen and oxygen atoms in total. The van der Waals surface area contributed by atoms with Crippen molar-refractivity contribution in [2.45, 2.75) is 43.1 Å². The zero-order chi connectivity index (χ0) is 26.9. The summed E-state index contributed by atoms with van der Waals surface area (Å²) in [6.07, 6.45) is -0.480. The van der Waals surface area contributed by atoms with Gasteiger partial charge in [-0.1, -0.05) is 29.5 Å². The van der Waals surface area contributed by atoms with Crippen LogP contribution in [0.25, 0.3) is 0 Å². The normalized spacial score (nSPS) is 16.5. The maximum absolute atomic E-state index is 11.7. The summed E-state index contributed by atoms with van der Waals surface area (Å²) in [7, 11) is -3.62. The molecule has 3 heterocycles. The number of carbonyl (C=O) groups excluding carboxylic acids is 2. The number of aliphatic hydroxyl groups excluding tert-OH is 1. The Balaban J connectivity index is 0. The zero-order valence-corrected chi connectivity index (χ0v) is 27.8. The fraction of sp³-hybridized carbons (Fsp3) is 0.619. The Hall–Kier alpha value is 1.10. The van der Waals surface area contributed by atoms with Crippen molar-refractivity contribution < 1.29 is 92.9 Å². The Kier molecular flexibility index (Phi) is 24.9. The molecule has 1 aromatic carbocycles. The van der Waals surface area contributed by atoms with Gasteiger partial charge < -0.3 is 36.7 Å². The van der Waals surface area contributed by atoms with Crippen molar-refractivity contribution in [1.82, 2.24) is 0 Å². The topological polar surface area (TPSA) is 125 Å². The predicted molar refractivity (Wildman–Crippen MR) is 138 cm³/mol. The van der Waals surface area contributed by atoms with Gasteiger partial charge in [0.25, 0.3) is 10.1 Å². The molecule has 1 aromatic rings. The van der Waals surface area contributed by atoms with Gasteiger partial charge in [-0.15, -0.1) is 23.2 Å². The summed E-state index contributed by atoms with van der Waals surface area (Å²) in [5.74, 6) is 0. The third kappa shape index (κ3) is 21.0. The van der Waals surface area contributed by atoms with E-state index in [0.717, 1.165) is 18.8 Å². The molecular formula is C21H31Cl2KO9S3. The van der Waals surface area contributed by atoms with Gasteiger partial charge in [-0.3, -0.25) is 8.98 Å². The van der Waals surface area contributed by atoms with Crippen LogP contribution in [0.5, 0.6) is 0 Å². The molecule has 0 aliphatic carbocycles. The van der Waals surface area contributed by atoms with Crippen molar-refractivity contribution in [2.75, 3.05) is 45.0 Å². The van der Waals surface area contributed by atoms with Crippen LogP contribution in [0, 0.1) is 6.92 Å². The van der Waals surface area contributed by atoms with Gasteiger partial charge in [0.05, 0.1) is 55.1 Å². The average molecular weight is 634 g/mol. The van der Waals surface area contributed by atoms with Crippen LogP contribution < -0.4 is 51.4 Å². The molecule has 0 spiro atoms. The molecule has 202 valence electrons. The van der Waals surface area contributed by atoms with Gasteiger partial charge in [-0.25, -0.2) is 0 Å². The number of ether oxygens (including phenoxy) is 3. The number of hydrogen-bond acceptors (Lipinski definition) is 11. The van der Waals surface area contributed by atoms with Crippen molar-refractivity contribution in [3.05, 3.63) is 29.8 Å². The molecule has 3 fully saturated rings. The first-order chi connectivity index (χ1) is 16.4. The molecule has 3 saturated heterocycles. The number of alkyl halides is 2. The second kappa shape index (κ2) is 22.9. The fourth-order valence-corrected chi connectivity index (χ4v) is 3.80. The first kappa shape index (κ1) is 39.2. The van der Waals surface area contributed by atoms with E-state index in [9.17, 15) is 18.0 Å². The summed E-state index contributed by atoms with van der Waals surface area (Å²) in [5, 5.41) is 8.91. The van der Waals surface area contributed by atoms with Crippen molar-refractivity contribution in [1.29, 1.82) is 0 Å². The number of carbonyl (C=O) groups is 2. The maximum Gasteiger partial charge on any atom is 1.00 e. The monoisotopic (exact) mass is 632 g/mol. The largest absolute Gasteiger partial charge is 1.00 e. The summed E-state index contributed by atoms with van der Waals surface area (Å²) < 4.78 is 42.6. The first-order valence-corrected chi connectivity index (χ1v) is 14.1. The predicted octanol–water partition coefficient (Wildman–Crippen LogP) is -0.353. The number of benzene rings is 1. The number of halogens is 2. The Bertz CT molecular complexity index is 830. The summed E-state index contributed by atoms with van der Waals surface area (Å²) in [4.78, 5) is 19.8. The van der Waals surface area contributed by atoms with Crippen LogP contribution in [0.2, 0.25) is 0 Å². The van der Waals surface area contributed by atoms with Crippen molar-refractivity contribution >= 4 is 67.9 Å². The van der Waals surface area contributed by atoms with Crippen molar-refractivity contribution in [3.8, 4) is 0 Å². The van der Waals surface area contributed by atoms with Crippen molar-refractivity contribution in [2.24, 2.45) is 0 Å². The van der Waals surface area contributed by atoms with Gasteiger partial charge in [0.1, 0.15) is 12.2 Å². The molecule has 3 aliphatic heterocycles. The number of rotatable bonds is 4. The van der Waals surface area contributed by atoms with Crippen LogP contribution in [0.1, 0.15) is 19.4 Å². The van der Waals surface area contributed by atoms with E-state index in [2.05, 4.69) is 17.4 Å². The van der Waals surface area contributed by atoms with Crippen LogP contribution in [-0.2, 0) is 50.7 Å². The Morgan fingerprint density at radius 2 is 1.42 bits per heavy atom. The molecule has 0 unspecified atom stereocenters. The van der Waals surface area contributed by atoms with Crippen molar-refractivity contribution in [3.63, 3.8) is 0 Å². The average Bonchev–Trinajstić information content (AvgIpc) is 2.68. The molecule has 0 atom stereocenters. The van der Waals surface area contributed by atoms with E-state index in [1.807, 2.05) is 6.92 Å². The first-order valence-electron chi connectivity index (χ1n) is 10.3. The van der Waals surface area contributed by atoms with Crippen LogP contribution >= 0.6 is 35.0 Å². The number of hydrogen-bond donors (Lipinski definition) is 1. The van der Waals surface area contributed by atoms with Crippen LogP contribution in [0.3, 0.4) is 0 Å². The third-order valence-corrected chi connectivity index (χ3v) is 6.05. The van der Waals surface area contributed by atoms with Gasteiger partial charge in [0.15, 0.2) is 5.12 Å². The Morgan fingerprint density at radius 1 is 1.03 bits per heavy atom. The summed E-state index contributed by atoms with van der Waals surface area (Å²) in [5.41, 5.74) is 1.01. The molecule has 15 heteroatoms. The SMILES string of the molecule is CC(=O)SC1COC1.CC(=O)[S-].Cc1ccc(S(=O)(=O)OC2COC2)cc1.ClCCl.OC1COC1.[K+]. The minimum Gasteiger partial charge on any atom is -0.742 e. The smallest absolute Gasteiger partial charge is 0.742 e. The molecule has 0 bridgehead atoms. The van der Waals surface area contributed by atoms with E-state index in [1.165, 1.54) is 18.7 Å². The van der Waals surface area contributed by atoms with E-state index < -0.39 is 10.1 Å². The van der Waals surface area contributed by atoms with Gasteiger partial charge >= 0.3 is 51.4 Å². The van der Waals surface area contributed by atoms with E-state index in [1.54, 1.807) is 31.2 Å². The number of thioether (sulfide) groups is 1. The quantitative estimate of drug-likeness (QED) is 0.203. The molecular weight excluding hydrogens is 602 g/mol. The van der Waals surface area contributed by atoms with Gasteiger partial charge in [-0.05, 0) is 26.0 Å². The molecule has 1 N–H and O–H groups in total. The molecule has 3 aliphatic rings. The second-order valence-corrected chi connectivity index (χ2v) is 11.5. The summed E-state index contributed by atoms with van der Waals surface area (Å²) in [6, 6.07) is 6.58. The second-order valence-electron chi connectivity index (χ2n) is 7.08. The fourth-order valence-electron chi connectivity index (χ4n) is 1.95. The van der Waals surface area contributed by atoms with Crippen LogP contribution in [0.15, 0.2) is 29.2 Å². The maximum atomic E-state index is 11.7. The Morgan fingerprint density at radius 3 is 1.64 bits per heavy atom. The number of aliphatic hydroxyl groups is 1.